The van der Waals surface area contributed by atoms with Gasteiger partial charge in [0.05, 0.1) is 89.7 Å². The first-order valence-electron chi connectivity index (χ1n) is 34.1. The molecule has 0 amide bonds. The number of para-hydroxylation sites is 4. The van der Waals surface area contributed by atoms with E-state index in [1.54, 1.807) is 6.20 Å². The molecule has 9 heteroatoms. The van der Waals surface area contributed by atoms with Crippen LogP contribution < -0.4 is 0 Å². The molecule has 470 valence electrons. The molecule has 20 rings (SSSR count). The summed E-state index contributed by atoms with van der Waals surface area (Å²) in [5.74, 6) is 0. The summed E-state index contributed by atoms with van der Waals surface area (Å²) in [5.41, 5.74) is 28.2. The Hall–Kier alpha value is -13.4. The molecule has 1 aliphatic rings. The second-order valence-corrected chi connectivity index (χ2v) is 26.8. The van der Waals surface area contributed by atoms with Crippen LogP contribution in [0, 0.1) is 0 Å². The van der Waals surface area contributed by atoms with Crippen molar-refractivity contribution in [2.45, 2.75) is 19.3 Å². The van der Waals surface area contributed by atoms with Crippen molar-refractivity contribution in [3.8, 4) is 112 Å². The molecule has 9 nitrogen and oxygen atoms in total. The van der Waals surface area contributed by atoms with Gasteiger partial charge in [-0.25, -0.2) is 39.9 Å². The van der Waals surface area contributed by atoms with Gasteiger partial charge in [0.1, 0.15) is 0 Å². The maximum absolute atomic E-state index is 5.66. The van der Waals surface area contributed by atoms with E-state index in [0.717, 1.165) is 172 Å². The third kappa shape index (κ3) is 9.65. The Balaban J connectivity index is 0.677. The molecule has 0 saturated heterocycles. The average Bonchev–Trinajstić information content (AvgIpc) is 1.65. The molecule has 7 heterocycles. The maximum Gasteiger partial charge on any atom is 0.0988 e. The van der Waals surface area contributed by atoms with Crippen LogP contribution in [0.2, 0.25) is 0 Å². The zero-order valence-electron chi connectivity index (χ0n) is 55.0. The standard InChI is InChI=1S/C92H57N9/c1-92(2)74-42-36-60(49-72(74)69-40-35-62(52-75(69)92)78-44-38-58-34-33-57-37-43-77(94-85(57)86(58)95-78)61-19-14-20-63(48-61)88-84(55-16-4-3-5-17-55)98-80-25-10-12-27-82(80)100-88)71-51-64-39-45-79(73-50-59-18-6-7-22-66(59)67-23-8-9-24-68(67)73)97-89(64)91-70(71)41-46-76(96-91)54-29-31-56(32-30-54)87-90(65-21-15-47-93-53-65)101-83-28-13-11-26-81(83)99-87/h3-53H,1-2H3. The van der Waals surface area contributed by atoms with Gasteiger partial charge in [0, 0.05) is 83.9 Å². The number of pyridine rings is 5. The van der Waals surface area contributed by atoms with Gasteiger partial charge in [0.25, 0.3) is 0 Å². The predicted molar refractivity (Wildman–Crippen MR) is 413 cm³/mol. The molecule has 0 radical (unpaired) electrons. The summed E-state index contributed by atoms with van der Waals surface area (Å²) in [6.07, 6.45) is 3.63. The lowest BCUT2D eigenvalue weighted by molar-refractivity contribution is 0.660. The number of hydrogen-bond donors (Lipinski definition) is 0. The van der Waals surface area contributed by atoms with Crippen LogP contribution in [0.25, 0.3) is 200 Å². The van der Waals surface area contributed by atoms with Crippen molar-refractivity contribution in [3.63, 3.8) is 0 Å². The normalized spacial score (nSPS) is 12.5. The van der Waals surface area contributed by atoms with Crippen LogP contribution in [0.1, 0.15) is 25.0 Å². The van der Waals surface area contributed by atoms with Crippen molar-refractivity contribution in [3.05, 3.63) is 321 Å². The molecule has 1 aliphatic carbocycles. The third-order valence-corrected chi connectivity index (χ3v) is 20.5. The highest BCUT2D eigenvalue weighted by Gasteiger charge is 2.36. The van der Waals surface area contributed by atoms with E-state index in [2.05, 4.69) is 237 Å². The average molecular weight is 1290 g/mol. The Kier molecular flexibility index (Phi) is 13.1. The zero-order valence-corrected chi connectivity index (χ0v) is 55.0. The van der Waals surface area contributed by atoms with E-state index >= 15 is 0 Å². The summed E-state index contributed by atoms with van der Waals surface area (Å²) in [6.45, 7) is 4.69. The third-order valence-electron chi connectivity index (χ3n) is 20.5. The first kappa shape index (κ1) is 57.8. The molecule has 0 spiro atoms. The molecule has 0 fully saturated rings. The summed E-state index contributed by atoms with van der Waals surface area (Å²) in [6, 6.07) is 105. The van der Waals surface area contributed by atoms with E-state index in [1.165, 1.54) is 38.4 Å². The monoisotopic (exact) mass is 1290 g/mol. The van der Waals surface area contributed by atoms with Crippen molar-refractivity contribution < 1.29 is 0 Å². The molecule has 0 unspecified atom stereocenters. The van der Waals surface area contributed by atoms with Crippen LogP contribution in [-0.2, 0) is 5.41 Å². The molecule has 101 heavy (non-hydrogen) atoms. The number of aromatic nitrogens is 9. The van der Waals surface area contributed by atoms with Gasteiger partial charge >= 0.3 is 0 Å². The number of benzene rings is 12. The van der Waals surface area contributed by atoms with Gasteiger partial charge in [-0.1, -0.05) is 214 Å². The SMILES string of the molecule is CC1(C)c2ccc(-c3cc4ccc(-c5cc6ccccc6c6ccccc56)nc4c4nc(-c5ccc(-c6nc7ccccc7nc6-c6cccnc6)cc5)ccc34)cc2-c2ccc(-c3ccc4ccc5ccc(-c6cccc(-c7nc8ccccc8nc7-c7ccccc7)c6)nc5c4n3)cc21. The summed E-state index contributed by atoms with van der Waals surface area (Å²) in [5, 5.41) is 8.82. The van der Waals surface area contributed by atoms with Crippen LogP contribution in [-0.4, -0.2) is 44.9 Å². The van der Waals surface area contributed by atoms with Crippen molar-refractivity contribution in [1.82, 2.24) is 44.9 Å². The minimum Gasteiger partial charge on any atom is -0.264 e. The van der Waals surface area contributed by atoms with Crippen LogP contribution in [0.15, 0.2) is 310 Å². The molecular weight excluding hydrogens is 1230 g/mol. The lowest BCUT2D eigenvalue weighted by Crippen LogP contribution is -2.15. The van der Waals surface area contributed by atoms with Gasteiger partial charge in [-0.05, 0) is 152 Å². The lowest BCUT2D eigenvalue weighted by Gasteiger charge is -2.22. The van der Waals surface area contributed by atoms with E-state index in [4.69, 9.17) is 39.9 Å². The number of nitrogens with zero attached hydrogens (tertiary/aromatic N) is 9. The summed E-state index contributed by atoms with van der Waals surface area (Å²) < 4.78 is 0. The number of rotatable bonds is 9. The molecule has 7 aromatic heterocycles. The Morgan fingerprint density at radius 2 is 0.713 bits per heavy atom. The summed E-state index contributed by atoms with van der Waals surface area (Å²) in [4.78, 5) is 47.3. The molecule has 0 aliphatic heterocycles. The van der Waals surface area contributed by atoms with Crippen molar-refractivity contribution >= 4 is 87.2 Å². The van der Waals surface area contributed by atoms with Crippen molar-refractivity contribution in [2.75, 3.05) is 0 Å². The van der Waals surface area contributed by atoms with Gasteiger partial charge in [0.2, 0.25) is 0 Å². The van der Waals surface area contributed by atoms with Crippen LogP contribution in [0.4, 0.5) is 0 Å². The first-order chi connectivity index (χ1) is 49.8. The quantitative estimate of drug-likeness (QED) is 0.130. The zero-order chi connectivity index (χ0) is 66.9. The largest absolute Gasteiger partial charge is 0.264 e. The highest BCUT2D eigenvalue weighted by Crippen LogP contribution is 2.52. The van der Waals surface area contributed by atoms with Crippen LogP contribution in [0.5, 0.6) is 0 Å². The van der Waals surface area contributed by atoms with E-state index < -0.39 is 0 Å². The smallest absolute Gasteiger partial charge is 0.0988 e. The molecule has 0 N–H and O–H groups in total. The Bertz CT molecular complexity index is 6670. The van der Waals surface area contributed by atoms with E-state index in [-0.39, 0.29) is 5.41 Å². The molecule has 0 bridgehead atoms. The van der Waals surface area contributed by atoms with Gasteiger partial charge in [-0.15, -0.1) is 0 Å². The summed E-state index contributed by atoms with van der Waals surface area (Å²) in [7, 11) is 0. The Morgan fingerprint density at radius 3 is 1.42 bits per heavy atom. The molecular formula is C92H57N9. The maximum atomic E-state index is 5.66. The second kappa shape index (κ2) is 22.9. The van der Waals surface area contributed by atoms with Gasteiger partial charge in [0.15, 0.2) is 0 Å². The van der Waals surface area contributed by atoms with Crippen molar-refractivity contribution in [1.29, 1.82) is 0 Å². The fraction of sp³-hybridized carbons (Fsp3) is 0.0326. The second-order valence-electron chi connectivity index (χ2n) is 26.8. The molecule has 19 aromatic rings. The minimum absolute atomic E-state index is 0.306. The van der Waals surface area contributed by atoms with Gasteiger partial charge in [-0.3, -0.25) is 4.98 Å². The van der Waals surface area contributed by atoms with Crippen molar-refractivity contribution in [2.24, 2.45) is 0 Å². The van der Waals surface area contributed by atoms with E-state index in [0.29, 0.717) is 0 Å². The first-order valence-corrected chi connectivity index (χ1v) is 34.1. The Labute approximate surface area is 581 Å². The number of fused-ring (bicyclic) bond motifs is 14. The number of hydrogen-bond acceptors (Lipinski definition) is 9. The minimum atomic E-state index is -0.306. The lowest BCUT2D eigenvalue weighted by atomic mass is 9.81. The molecule has 12 aromatic carbocycles. The van der Waals surface area contributed by atoms with Gasteiger partial charge in [-0.2, -0.15) is 0 Å². The van der Waals surface area contributed by atoms with E-state index in [9.17, 15) is 0 Å². The summed E-state index contributed by atoms with van der Waals surface area (Å²) >= 11 is 0. The fourth-order valence-corrected chi connectivity index (χ4v) is 15.4. The molecule has 0 atom stereocenters. The highest BCUT2D eigenvalue weighted by atomic mass is 14.8. The molecule has 0 saturated carbocycles. The van der Waals surface area contributed by atoms with Crippen LogP contribution >= 0.6 is 0 Å². The van der Waals surface area contributed by atoms with Crippen LogP contribution in [0.3, 0.4) is 0 Å². The highest BCUT2D eigenvalue weighted by molar-refractivity contribution is 6.16. The van der Waals surface area contributed by atoms with Gasteiger partial charge < -0.3 is 0 Å². The topological polar surface area (TPSA) is 116 Å². The fourth-order valence-electron chi connectivity index (χ4n) is 15.4. The Morgan fingerprint density at radius 1 is 0.228 bits per heavy atom. The predicted octanol–water partition coefficient (Wildman–Crippen LogP) is 22.8. The van der Waals surface area contributed by atoms with E-state index in [1.807, 2.05) is 85.1 Å².